The van der Waals surface area contributed by atoms with Crippen LogP contribution in [0.25, 0.3) is 0 Å². The van der Waals surface area contributed by atoms with Crippen LogP contribution in [0.1, 0.15) is 25.7 Å². The molecule has 1 rings (SSSR count). The molecule has 0 saturated heterocycles. The number of hydrogen-bond acceptors (Lipinski definition) is 1. The standard InChI is InChI=1S/C8H11IO2/c9-7(8(10)11)5-6-3-1-2-4-6/h5-6H,1-4H2,(H,10,11). The van der Waals surface area contributed by atoms with E-state index in [2.05, 4.69) is 0 Å². The van der Waals surface area contributed by atoms with Crippen LogP contribution in [0.2, 0.25) is 0 Å². The van der Waals surface area contributed by atoms with Gasteiger partial charge in [-0.15, -0.1) is 0 Å². The van der Waals surface area contributed by atoms with Gasteiger partial charge in [0.05, 0.1) is 3.58 Å². The lowest BCUT2D eigenvalue weighted by Crippen LogP contribution is -1.96. The van der Waals surface area contributed by atoms with E-state index >= 15 is 0 Å². The van der Waals surface area contributed by atoms with Crippen molar-refractivity contribution in [1.82, 2.24) is 0 Å². The summed E-state index contributed by atoms with van der Waals surface area (Å²) in [5.74, 6) is -0.268. The molecule has 0 spiro atoms. The van der Waals surface area contributed by atoms with Crippen LogP contribution in [0.15, 0.2) is 9.66 Å². The third-order valence-corrected chi connectivity index (χ3v) is 2.81. The molecule has 0 radical (unpaired) electrons. The molecule has 0 amide bonds. The number of carbonyl (C=O) groups is 1. The molecule has 0 heterocycles. The van der Waals surface area contributed by atoms with Gasteiger partial charge in [-0.2, -0.15) is 0 Å². The lowest BCUT2D eigenvalue weighted by Gasteiger charge is -2.00. The molecule has 11 heavy (non-hydrogen) atoms. The topological polar surface area (TPSA) is 37.3 Å². The van der Waals surface area contributed by atoms with Crippen molar-refractivity contribution >= 4 is 28.6 Å². The third kappa shape index (κ3) is 2.81. The van der Waals surface area contributed by atoms with E-state index in [1.807, 2.05) is 28.7 Å². The van der Waals surface area contributed by atoms with Gasteiger partial charge in [0.15, 0.2) is 0 Å². The van der Waals surface area contributed by atoms with Crippen LogP contribution in [0.3, 0.4) is 0 Å². The van der Waals surface area contributed by atoms with Gasteiger partial charge in [-0.25, -0.2) is 4.79 Å². The molecule has 1 fully saturated rings. The van der Waals surface area contributed by atoms with Gasteiger partial charge in [-0.1, -0.05) is 18.9 Å². The zero-order valence-electron chi connectivity index (χ0n) is 6.22. The molecule has 2 nitrogen and oxygen atoms in total. The fourth-order valence-electron chi connectivity index (χ4n) is 1.40. The van der Waals surface area contributed by atoms with Crippen molar-refractivity contribution in [2.45, 2.75) is 25.7 Å². The third-order valence-electron chi connectivity index (χ3n) is 1.99. The number of carboxylic acid groups (broad SMARTS) is 1. The Hall–Kier alpha value is -0.0600. The largest absolute Gasteiger partial charge is 0.477 e. The van der Waals surface area contributed by atoms with E-state index in [4.69, 9.17) is 5.11 Å². The minimum atomic E-state index is -0.794. The monoisotopic (exact) mass is 266 g/mol. The predicted octanol–water partition coefficient (Wildman–Crippen LogP) is 2.58. The van der Waals surface area contributed by atoms with Crippen LogP contribution in [0.4, 0.5) is 0 Å². The molecular weight excluding hydrogens is 255 g/mol. The van der Waals surface area contributed by atoms with Gasteiger partial charge in [0.2, 0.25) is 0 Å². The van der Waals surface area contributed by atoms with E-state index in [0.717, 1.165) is 0 Å². The highest BCUT2D eigenvalue weighted by Gasteiger charge is 2.14. The summed E-state index contributed by atoms with van der Waals surface area (Å²) in [6.07, 6.45) is 6.73. The Morgan fingerprint density at radius 3 is 2.45 bits per heavy atom. The summed E-state index contributed by atoms with van der Waals surface area (Å²) in [4.78, 5) is 10.4. The van der Waals surface area contributed by atoms with Crippen LogP contribution >= 0.6 is 22.6 Å². The molecule has 1 aliphatic rings. The highest BCUT2D eigenvalue weighted by molar-refractivity contribution is 14.1. The van der Waals surface area contributed by atoms with Crippen molar-refractivity contribution in [3.63, 3.8) is 0 Å². The molecular formula is C8H11IO2. The molecule has 0 unspecified atom stereocenters. The smallest absolute Gasteiger partial charge is 0.341 e. The van der Waals surface area contributed by atoms with Crippen LogP contribution in [-0.2, 0) is 4.79 Å². The molecule has 0 aromatic carbocycles. The normalized spacial score (nSPS) is 20.6. The van der Waals surface area contributed by atoms with Crippen molar-refractivity contribution in [2.75, 3.05) is 0 Å². The Bertz CT molecular complexity index is 181. The van der Waals surface area contributed by atoms with Gasteiger partial charge in [0.1, 0.15) is 0 Å². The maximum absolute atomic E-state index is 10.4. The van der Waals surface area contributed by atoms with E-state index in [-0.39, 0.29) is 0 Å². The minimum absolute atomic E-state index is 0.467. The number of halogens is 1. The summed E-state index contributed by atoms with van der Waals surface area (Å²) in [5, 5.41) is 8.57. The summed E-state index contributed by atoms with van der Waals surface area (Å²) in [6.45, 7) is 0. The summed E-state index contributed by atoms with van der Waals surface area (Å²) < 4.78 is 0.467. The zero-order chi connectivity index (χ0) is 8.27. The van der Waals surface area contributed by atoms with Crippen LogP contribution in [0, 0.1) is 5.92 Å². The molecule has 62 valence electrons. The number of allylic oxidation sites excluding steroid dienone is 1. The first-order chi connectivity index (χ1) is 5.20. The van der Waals surface area contributed by atoms with Gasteiger partial charge in [0.25, 0.3) is 0 Å². The first kappa shape index (κ1) is 9.03. The maximum atomic E-state index is 10.4. The highest BCUT2D eigenvalue weighted by atomic mass is 127. The SMILES string of the molecule is O=C(O)C(I)=CC1CCCC1. The second kappa shape index (κ2) is 4.09. The zero-order valence-corrected chi connectivity index (χ0v) is 8.37. The summed E-state index contributed by atoms with van der Waals surface area (Å²) >= 11 is 1.88. The van der Waals surface area contributed by atoms with E-state index < -0.39 is 5.97 Å². The van der Waals surface area contributed by atoms with Crippen molar-refractivity contribution < 1.29 is 9.90 Å². The molecule has 0 bridgehead atoms. The van der Waals surface area contributed by atoms with Crippen molar-refractivity contribution in [3.8, 4) is 0 Å². The Kier molecular flexibility index (Phi) is 3.36. The summed E-state index contributed by atoms with van der Waals surface area (Å²) in [5.41, 5.74) is 0. The highest BCUT2D eigenvalue weighted by Crippen LogP contribution is 2.27. The Balaban J connectivity index is 2.49. The van der Waals surface area contributed by atoms with E-state index in [9.17, 15) is 4.79 Å². The summed E-state index contributed by atoms with van der Waals surface area (Å²) in [6, 6.07) is 0. The number of carboxylic acids is 1. The van der Waals surface area contributed by atoms with Gasteiger partial charge in [-0.05, 0) is 41.4 Å². The predicted molar refractivity (Wildman–Crippen MR) is 51.7 cm³/mol. The van der Waals surface area contributed by atoms with E-state index in [0.29, 0.717) is 9.50 Å². The molecule has 1 saturated carbocycles. The first-order valence-electron chi connectivity index (χ1n) is 3.81. The minimum Gasteiger partial charge on any atom is -0.477 e. The molecule has 0 aromatic rings. The number of aliphatic carboxylic acids is 1. The molecule has 1 aliphatic carbocycles. The lowest BCUT2D eigenvalue weighted by molar-refractivity contribution is -0.131. The van der Waals surface area contributed by atoms with Crippen molar-refractivity contribution in [1.29, 1.82) is 0 Å². The van der Waals surface area contributed by atoms with E-state index in [1.54, 1.807) is 0 Å². The van der Waals surface area contributed by atoms with Crippen LogP contribution < -0.4 is 0 Å². The fraction of sp³-hybridized carbons (Fsp3) is 0.625. The number of rotatable bonds is 2. The van der Waals surface area contributed by atoms with Crippen LogP contribution in [-0.4, -0.2) is 11.1 Å². The van der Waals surface area contributed by atoms with Gasteiger partial charge < -0.3 is 5.11 Å². The first-order valence-corrected chi connectivity index (χ1v) is 4.88. The van der Waals surface area contributed by atoms with Crippen molar-refractivity contribution in [3.05, 3.63) is 9.66 Å². The van der Waals surface area contributed by atoms with E-state index in [1.165, 1.54) is 25.7 Å². The van der Waals surface area contributed by atoms with Gasteiger partial charge in [0, 0.05) is 0 Å². The molecule has 0 aromatic heterocycles. The fourth-order valence-corrected chi connectivity index (χ4v) is 1.91. The Morgan fingerprint density at radius 1 is 1.45 bits per heavy atom. The van der Waals surface area contributed by atoms with Crippen molar-refractivity contribution in [2.24, 2.45) is 5.92 Å². The second-order valence-corrected chi connectivity index (χ2v) is 4.03. The van der Waals surface area contributed by atoms with Gasteiger partial charge >= 0.3 is 5.97 Å². The van der Waals surface area contributed by atoms with Crippen LogP contribution in [0.5, 0.6) is 0 Å². The van der Waals surface area contributed by atoms with Gasteiger partial charge in [-0.3, -0.25) is 0 Å². The molecule has 0 atom stereocenters. The second-order valence-electron chi connectivity index (χ2n) is 2.86. The summed E-state index contributed by atoms with van der Waals surface area (Å²) in [7, 11) is 0. The lowest BCUT2D eigenvalue weighted by atomic mass is 10.1. The molecule has 1 N–H and O–H groups in total. The molecule has 3 heteroatoms. The maximum Gasteiger partial charge on any atom is 0.341 e. The molecule has 0 aliphatic heterocycles. The average molecular weight is 266 g/mol. The quantitative estimate of drug-likeness (QED) is 0.616. The Morgan fingerprint density at radius 2 is 2.00 bits per heavy atom. The number of hydrogen-bond donors (Lipinski definition) is 1. The average Bonchev–Trinajstić information content (AvgIpc) is 2.39. The Labute approximate surface area is 79.8 Å².